The minimum absolute atomic E-state index is 0.0210. The van der Waals surface area contributed by atoms with E-state index in [1.165, 1.54) is 0 Å². The van der Waals surface area contributed by atoms with Crippen LogP contribution in [0.4, 0.5) is 27.5 Å². The molecule has 1 aliphatic heterocycles. The fourth-order valence-corrected chi connectivity index (χ4v) is 4.59. The van der Waals surface area contributed by atoms with Crippen molar-refractivity contribution in [1.82, 2.24) is 5.32 Å². The summed E-state index contributed by atoms with van der Waals surface area (Å²) in [5, 5.41) is 8.66. The van der Waals surface area contributed by atoms with Gasteiger partial charge in [0.1, 0.15) is 11.5 Å². The third-order valence-electron chi connectivity index (χ3n) is 6.39. The minimum Gasteiger partial charge on any atom is -0.495 e. The Hall–Kier alpha value is -4.40. The molecule has 4 rings (SSSR count). The maximum atomic E-state index is 13.2. The van der Waals surface area contributed by atoms with Gasteiger partial charge in [-0.2, -0.15) is 0 Å². The van der Waals surface area contributed by atoms with Gasteiger partial charge in [-0.15, -0.1) is 0 Å². The van der Waals surface area contributed by atoms with Crippen LogP contribution in [0.2, 0.25) is 0 Å². The van der Waals surface area contributed by atoms with E-state index in [0.29, 0.717) is 23.5 Å². The predicted molar refractivity (Wildman–Crippen MR) is 157 cm³/mol. The number of carbonyl (C=O) groups is 2. The lowest BCUT2D eigenvalue weighted by atomic mass is 10.1. The van der Waals surface area contributed by atoms with E-state index >= 15 is 0 Å². The highest BCUT2D eigenvalue weighted by atomic mass is 16.5. The number of urea groups is 1. The average molecular weight is 532 g/mol. The summed E-state index contributed by atoms with van der Waals surface area (Å²) in [6.45, 7) is 9.41. The van der Waals surface area contributed by atoms with Crippen molar-refractivity contribution in [3.63, 3.8) is 0 Å². The fraction of sp³-hybridized carbons (Fsp3) is 0.333. The molecule has 3 amide bonds. The van der Waals surface area contributed by atoms with Crippen molar-refractivity contribution in [3.05, 3.63) is 72.3 Å². The molecule has 0 radical (unpaired) electrons. The van der Waals surface area contributed by atoms with Crippen LogP contribution in [0.3, 0.4) is 0 Å². The Bertz CT molecular complexity index is 1270. The first-order valence-electron chi connectivity index (χ1n) is 13.3. The summed E-state index contributed by atoms with van der Waals surface area (Å²) < 4.78 is 11.0. The number of benzene rings is 3. The Morgan fingerprint density at radius 1 is 0.846 bits per heavy atom. The van der Waals surface area contributed by atoms with Gasteiger partial charge in [0.15, 0.2) is 0 Å². The monoisotopic (exact) mass is 531 g/mol. The summed E-state index contributed by atoms with van der Waals surface area (Å²) in [4.78, 5) is 30.4. The maximum absolute atomic E-state index is 13.2. The lowest BCUT2D eigenvalue weighted by molar-refractivity contribution is 0.0943. The molecule has 9 nitrogen and oxygen atoms in total. The number of ether oxygens (including phenoxy) is 2. The first-order chi connectivity index (χ1) is 18.9. The average Bonchev–Trinajstić information content (AvgIpc) is 2.94. The summed E-state index contributed by atoms with van der Waals surface area (Å²) in [6.07, 6.45) is 0. The number of carbonyl (C=O) groups excluding carboxylic acids is 2. The van der Waals surface area contributed by atoms with Crippen molar-refractivity contribution in [2.24, 2.45) is 0 Å². The predicted octanol–water partition coefficient (Wildman–Crippen LogP) is 5.20. The molecule has 1 fully saturated rings. The molecular formula is C30H37N5O4. The number of piperazine rings is 1. The standard InChI is InChI=1S/C30H37N5O4/c1-5-39-24-13-10-22(11-14-24)32-30(37)33-23-12-15-26(25(20-23)29(36)31-21(2)3)34-16-18-35(19-17-34)27-8-6-7-9-28(27)38-4/h6-15,20-21H,5,16-19H2,1-4H3,(H,31,36)(H2,32,33,37). The SMILES string of the molecule is CCOc1ccc(NC(=O)Nc2ccc(N3CCN(c4ccccc4OC)CC3)c(C(=O)NC(C)C)c2)cc1. The van der Waals surface area contributed by atoms with Crippen LogP contribution in [0.25, 0.3) is 0 Å². The topological polar surface area (TPSA) is 95.2 Å². The van der Waals surface area contributed by atoms with Crippen molar-refractivity contribution >= 4 is 34.7 Å². The van der Waals surface area contributed by atoms with Gasteiger partial charge < -0.3 is 35.2 Å². The highest BCUT2D eigenvalue weighted by molar-refractivity contribution is 6.04. The van der Waals surface area contributed by atoms with Crippen molar-refractivity contribution in [1.29, 1.82) is 0 Å². The second-order valence-corrected chi connectivity index (χ2v) is 9.54. The van der Waals surface area contributed by atoms with Gasteiger partial charge in [-0.05, 0) is 75.4 Å². The summed E-state index contributed by atoms with van der Waals surface area (Å²) in [5.74, 6) is 1.41. The lowest BCUT2D eigenvalue weighted by Gasteiger charge is -2.38. The highest BCUT2D eigenvalue weighted by Gasteiger charge is 2.24. The number of methoxy groups -OCH3 is 1. The van der Waals surface area contributed by atoms with Crippen LogP contribution in [-0.4, -0.2) is 57.9 Å². The molecule has 0 saturated carbocycles. The first-order valence-corrected chi connectivity index (χ1v) is 13.3. The zero-order valence-corrected chi connectivity index (χ0v) is 23.0. The van der Waals surface area contributed by atoms with Gasteiger partial charge >= 0.3 is 6.03 Å². The van der Waals surface area contributed by atoms with Gasteiger partial charge in [0.2, 0.25) is 0 Å². The van der Waals surface area contributed by atoms with E-state index in [-0.39, 0.29) is 11.9 Å². The molecule has 206 valence electrons. The largest absolute Gasteiger partial charge is 0.495 e. The molecule has 0 aliphatic carbocycles. The molecule has 0 aromatic heterocycles. The maximum Gasteiger partial charge on any atom is 0.323 e. The van der Waals surface area contributed by atoms with Crippen molar-refractivity contribution in [2.45, 2.75) is 26.8 Å². The molecule has 3 aromatic carbocycles. The Balaban J connectivity index is 1.47. The molecule has 0 spiro atoms. The Morgan fingerprint density at radius 2 is 1.46 bits per heavy atom. The molecule has 3 N–H and O–H groups in total. The number of nitrogens with zero attached hydrogens (tertiary/aromatic N) is 2. The zero-order valence-electron chi connectivity index (χ0n) is 23.0. The van der Waals surface area contributed by atoms with Gasteiger partial charge in [-0.1, -0.05) is 12.1 Å². The second kappa shape index (κ2) is 12.9. The van der Waals surface area contributed by atoms with Crippen LogP contribution in [0, 0.1) is 0 Å². The van der Waals surface area contributed by atoms with E-state index in [1.807, 2.05) is 51.1 Å². The Kier molecular flexibility index (Phi) is 9.14. The fourth-order valence-electron chi connectivity index (χ4n) is 4.59. The molecule has 0 atom stereocenters. The van der Waals surface area contributed by atoms with Crippen LogP contribution >= 0.6 is 0 Å². The van der Waals surface area contributed by atoms with Crippen LogP contribution in [0.15, 0.2) is 66.7 Å². The molecule has 0 bridgehead atoms. The number of rotatable bonds is 9. The molecule has 0 unspecified atom stereocenters. The summed E-state index contributed by atoms with van der Waals surface area (Å²) in [7, 11) is 1.68. The van der Waals surface area contributed by atoms with Crippen LogP contribution < -0.4 is 35.2 Å². The van der Waals surface area contributed by atoms with Gasteiger partial charge in [-0.3, -0.25) is 4.79 Å². The second-order valence-electron chi connectivity index (χ2n) is 9.54. The van der Waals surface area contributed by atoms with Crippen LogP contribution in [-0.2, 0) is 0 Å². The summed E-state index contributed by atoms with van der Waals surface area (Å²) in [5.41, 5.74) is 3.59. The lowest BCUT2D eigenvalue weighted by Crippen LogP contribution is -2.47. The van der Waals surface area contributed by atoms with E-state index in [9.17, 15) is 9.59 Å². The number of amides is 3. The summed E-state index contributed by atoms with van der Waals surface area (Å²) >= 11 is 0. The third kappa shape index (κ3) is 7.13. The van der Waals surface area contributed by atoms with Crippen molar-refractivity contribution < 1.29 is 19.1 Å². The normalized spacial score (nSPS) is 13.2. The first kappa shape index (κ1) is 27.6. The van der Waals surface area contributed by atoms with Crippen molar-refractivity contribution in [2.75, 3.05) is 60.3 Å². The van der Waals surface area contributed by atoms with Gasteiger partial charge in [0, 0.05) is 49.3 Å². The van der Waals surface area contributed by atoms with Gasteiger partial charge in [-0.25, -0.2) is 4.79 Å². The van der Waals surface area contributed by atoms with Crippen LogP contribution in [0.1, 0.15) is 31.1 Å². The Morgan fingerprint density at radius 3 is 2.10 bits per heavy atom. The van der Waals surface area contributed by atoms with Crippen molar-refractivity contribution in [3.8, 4) is 11.5 Å². The number of anilines is 4. The minimum atomic E-state index is -0.396. The number of para-hydroxylation sites is 2. The molecule has 39 heavy (non-hydrogen) atoms. The van der Waals surface area contributed by atoms with Crippen LogP contribution in [0.5, 0.6) is 11.5 Å². The zero-order chi connectivity index (χ0) is 27.8. The molecule has 1 saturated heterocycles. The smallest absolute Gasteiger partial charge is 0.323 e. The quantitative estimate of drug-likeness (QED) is 0.351. The Labute approximate surface area is 230 Å². The molecule has 9 heteroatoms. The van der Waals surface area contributed by atoms with E-state index in [2.05, 4.69) is 31.8 Å². The van der Waals surface area contributed by atoms with Gasteiger partial charge in [0.25, 0.3) is 5.91 Å². The molecular weight excluding hydrogens is 494 g/mol. The number of hydrogen-bond donors (Lipinski definition) is 3. The molecule has 1 heterocycles. The number of hydrogen-bond acceptors (Lipinski definition) is 6. The van der Waals surface area contributed by atoms with E-state index in [1.54, 1.807) is 37.4 Å². The van der Waals surface area contributed by atoms with E-state index in [4.69, 9.17) is 9.47 Å². The number of nitrogens with one attached hydrogen (secondary N) is 3. The van der Waals surface area contributed by atoms with E-state index < -0.39 is 6.03 Å². The highest BCUT2D eigenvalue weighted by Crippen LogP contribution is 2.31. The molecule has 1 aliphatic rings. The van der Waals surface area contributed by atoms with Gasteiger partial charge in [0.05, 0.1) is 25.0 Å². The third-order valence-corrected chi connectivity index (χ3v) is 6.39. The molecule has 3 aromatic rings. The summed E-state index contributed by atoms with van der Waals surface area (Å²) in [6, 6.07) is 20.2. The van der Waals surface area contributed by atoms with E-state index in [0.717, 1.165) is 49.1 Å².